The SMILES string of the molecule is Cl.N#CNC1CCNC1. The van der Waals surface area contributed by atoms with E-state index in [1.165, 1.54) is 0 Å². The maximum atomic E-state index is 8.14. The molecule has 1 unspecified atom stereocenters. The minimum Gasteiger partial charge on any atom is -0.319 e. The van der Waals surface area contributed by atoms with Crippen molar-refractivity contribution in [1.29, 1.82) is 5.26 Å². The average Bonchev–Trinajstić information content (AvgIpc) is 2.19. The van der Waals surface area contributed by atoms with Crippen molar-refractivity contribution in [1.82, 2.24) is 10.6 Å². The van der Waals surface area contributed by atoms with Gasteiger partial charge in [-0.2, -0.15) is 5.26 Å². The van der Waals surface area contributed by atoms with Gasteiger partial charge in [0.25, 0.3) is 0 Å². The van der Waals surface area contributed by atoms with Crippen molar-refractivity contribution in [2.24, 2.45) is 0 Å². The molecule has 2 N–H and O–H groups in total. The van der Waals surface area contributed by atoms with Crippen molar-refractivity contribution in [3.05, 3.63) is 0 Å². The van der Waals surface area contributed by atoms with Crippen LogP contribution in [0.3, 0.4) is 0 Å². The summed E-state index contributed by atoms with van der Waals surface area (Å²) < 4.78 is 0. The van der Waals surface area contributed by atoms with E-state index in [0.29, 0.717) is 6.04 Å². The van der Waals surface area contributed by atoms with Crippen LogP contribution in [0.5, 0.6) is 0 Å². The smallest absolute Gasteiger partial charge is 0.176 e. The Morgan fingerprint density at radius 3 is 2.89 bits per heavy atom. The van der Waals surface area contributed by atoms with Crippen LogP contribution in [-0.4, -0.2) is 19.1 Å². The first-order valence-corrected chi connectivity index (χ1v) is 2.79. The van der Waals surface area contributed by atoms with Gasteiger partial charge in [-0.15, -0.1) is 12.4 Å². The van der Waals surface area contributed by atoms with Crippen LogP contribution in [0.15, 0.2) is 0 Å². The molecule has 0 amide bonds. The molecule has 1 heterocycles. The second kappa shape index (κ2) is 4.42. The topological polar surface area (TPSA) is 47.9 Å². The molecule has 0 aromatic heterocycles. The number of nitrogens with zero attached hydrogens (tertiary/aromatic N) is 1. The van der Waals surface area contributed by atoms with E-state index in [1.807, 2.05) is 6.19 Å². The van der Waals surface area contributed by atoms with Crippen LogP contribution in [0, 0.1) is 11.5 Å². The zero-order valence-corrected chi connectivity index (χ0v) is 5.87. The van der Waals surface area contributed by atoms with Gasteiger partial charge in [0, 0.05) is 12.6 Å². The molecule has 1 aliphatic heterocycles. The molecular formula is C5H10ClN3. The zero-order chi connectivity index (χ0) is 5.82. The standard InChI is InChI=1S/C5H9N3.ClH/c6-4-8-5-1-2-7-3-5;/h5,7-8H,1-3H2;1H. The van der Waals surface area contributed by atoms with E-state index >= 15 is 0 Å². The molecule has 0 aliphatic carbocycles. The van der Waals surface area contributed by atoms with Gasteiger partial charge in [0.2, 0.25) is 0 Å². The minimum atomic E-state index is 0. The molecule has 1 atom stereocenters. The van der Waals surface area contributed by atoms with Crippen LogP contribution in [0.25, 0.3) is 0 Å². The predicted molar refractivity (Wildman–Crippen MR) is 37.3 cm³/mol. The molecule has 4 heteroatoms. The van der Waals surface area contributed by atoms with Gasteiger partial charge in [0.1, 0.15) is 0 Å². The second-order valence-corrected chi connectivity index (χ2v) is 1.95. The van der Waals surface area contributed by atoms with Gasteiger partial charge in [-0.1, -0.05) is 0 Å². The fraction of sp³-hybridized carbons (Fsp3) is 0.800. The van der Waals surface area contributed by atoms with Gasteiger partial charge in [-0.25, -0.2) is 0 Å². The third-order valence-electron chi connectivity index (χ3n) is 1.33. The number of rotatable bonds is 1. The molecule has 0 spiro atoms. The number of nitrogens with one attached hydrogen (secondary N) is 2. The first kappa shape index (κ1) is 8.54. The van der Waals surface area contributed by atoms with Crippen molar-refractivity contribution >= 4 is 12.4 Å². The fourth-order valence-electron chi connectivity index (χ4n) is 0.869. The summed E-state index contributed by atoms with van der Waals surface area (Å²) in [5.41, 5.74) is 0. The van der Waals surface area contributed by atoms with Gasteiger partial charge in [-0.3, -0.25) is 0 Å². The lowest BCUT2D eigenvalue weighted by atomic mass is 10.3. The summed E-state index contributed by atoms with van der Waals surface area (Å²) in [5, 5.41) is 14.0. The van der Waals surface area contributed by atoms with Crippen LogP contribution < -0.4 is 10.6 Å². The van der Waals surface area contributed by atoms with Crippen LogP contribution in [-0.2, 0) is 0 Å². The highest BCUT2D eigenvalue weighted by atomic mass is 35.5. The Hall–Kier alpha value is -0.460. The maximum Gasteiger partial charge on any atom is 0.176 e. The molecular weight excluding hydrogens is 138 g/mol. The minimum absolute atomic E-state index is 0. The Kier molecular flexibility index (Phi) is 4.20. The Bertz CT molecular complexity index is 103. The summed E-state index contributed by atoms with van der Waals surface area (Å²) >= 11 is 0. The quantitative estimate of drug-likeness (QED) is 0.400. The summed E-state index contributed by atoms with van der Waals surface area (Å²) in [5.74, 6) is 0. The summed E-state index contributed by atoms with van der Waals surface area (Å²) in [6.07, 6.45) is 3.00. The van der Waals surface area contributed by atoms with Crippen molar-refractivity contribution < 1.29 is 0 Å². The van der Waals surface area contributed by atoms with E-state index in [1.54, 1.807) is 0 Å². The number of nitriles is 1. The maximum absolute atomic E-state index is 8.14. The number of hydrogen-bond acceptors (Lipinski definition) is 3. The molecule has 0 aromatic rings. The lowest BCUT2D eigenvalue weighted by Gasteiger charge is -2.01. The van der Waals surface area contributed by atoms with Crippen LogP contribution in [0.2, 0.25) is 0 Å². The lowest BCUT2D eigenvalue weighted by molar-refractivity contribution is 0.648. The third kappa shape index (κ3) is 2.54. The van der Waals surface area contributed by atoms with Crippen molar-refractivity contribution in [2.75, 3.05) is 13.1 Å². The average molecular weight is 148 g/mol. The van der Waals surface area contributed by atoms with E-state index in [4.69, 9.17) is 5.26 Å². The van der Waals surface area contributed by atoms with Crippen molar-refractivity contribution in [3.63, 3.8) is 0 Å². The van der Waals surface area contributed by atoms with Crippen LogP contribution >= 0.6 is 12.4 Å². The molecule has 9 heavy (non-hydrogen) atoms. The molecule has 0 saturated carbocycles. The summed E-state index contributed by atoms with van der Waals surface area (Å²) in [4.78, 5) is 0. The third-order valence-corrected chi connectivity index (χ3v) is 1.33. The van der Waals surface area contributed by atoms with Gasteiger partial charge in [0.05, 0.1) is 0 Å². The fourth-order valence-corrected chi connectivity index (χ4v) is 0.869. The first-order chi connectivity index (χ1) is 3.93. The second-order valence-electron chi connectivity index (χ2n) is 1.95. The summed E-state index contributed by atoms with van der Waals surface area (Å²) in [6, 6.07) is 0.389. The Morgan fingerprint density at radius 1 is 1.67 bits per heavy atom. The van der Waals surface area contributed by atoms with E-state index < -0.39 is 0 Å². The monoisotopic (exact) mass is 147 g/mol. The highest BCUT2D eigenvalue weighted by Crippen LogP contribution is 1.94. The zero-order valence-electron chi connectivity index (χ0n) is 5.05. The van der Waals surface area contributed by atoms with E-state index in [2.05, 4.69) is 10.6 Å². The molecule has 1 saturated heterocycles. The Labute approximate surface area is 60.8 Å². The van der Waals surface area contributed by atoms with Gasteiger partial charge in [0.15, 0.2) is 6.19 Å². The molecule has 1 rings (SSSR count). The lowest BCUT2D eigenvalue weighted by Crippen LogP contribution is -2.26. The largest absolute Gasteiger partial charge is 0.319 e. The van der Waals surface area contributed by atoms with Crippen LogP contribution in [0.4, 0.5) is 0 Å². The van der Waals surface area contributed by atoms with E-state index in [-0.39, 0.29) is 12.4 Å². The molecule has 1 aliphatic rings. The van der Waals surface area contributed by atoms with Crippen molar-refractivity contribution in [2.45, 2.75) is 12.5 Å². The highest BCUT2D eigenvalue weighted by molar-refractivity contribution is 5.85. The van der Waals surface area contributed by atoms with Gasteiger partial charge >= 0.3 is 0 Å². The number of hydrogen-bond donors (Lipinski definition) is 2. The van der Waals surface area contributed by atoms with Crippen LogP contribution in [0.1, 0.15) is 6.42 Å². The predicted octanol–water partition coefficient (Wildman–Crippen LogP) is -0.159. The van der Waals surface area contributed by atoms with Crippen molar-refractivity contribution in [3.8, 4) is 6.19 Å². The molecule has 1 fully saturated rings. The molecule has 0 bridgehead atoms. The molecule has 0 radical (unpaired) electrons. The highest BCUT2D eigenvalue weighted by Gasteiger charge is 2.11. The summed E-state index contributed by atoms with van der Waals surface area (Å²) in [6.45, 7) is 1.98. The normalized spacial score (nSPS) is 24.1. The Morgan fingerprint density at radius 2 is 2.44 bits per heavy atom. The molecule has 52 valence electrons. The first-order valence-electron chi connectivity index (χ1n) is 2.79. The van der Waals surface area contributed by atoms with E-state index in [0.717, 1.165) is 19.5 Å². The van der Waals surface area contributed by atoms with Gasteiger partial charge in [-0.05, 0) is 13.0 Å². The van der Waals surface area contributed by atoms with E-state index in [9.17, 15) is 0 Å². The summed E-state index contributed by atoms with van der Waals surface area (Å²) in [7, 11) is 0. The molecule has 0 aromatic carbocycles. The molecule has 3 nitrogen and oxygen atoms in total. The van der Waals surface area contributed by atoms with Gasteiger partial charge < -0.3 is 10.6 Å². The Balaban J connectivity index is 0.000000640. The number of halogens is 1.